The zero-order valence-electron chi connectivity index (χ0n) is 22.5. The number of alkyl halides is 3. The van der Waals surface area contributed by atoms with E-state index in [1.165, 1.54) is 0 Å². The number of hydrogen-bond donors (Lipinski definition) is 2. The molecule has 0 aromatic heterocycles. The minimum Gasteiger partial charge on any atom is -0.497 e. The summed E-state index contributed by atoms with van der Waals surface area (Å²) in [5.74, 6) is -0.985. The van der Waals surface area contributed by atoms with Gasteiger partial charge in [-0.25, -0.2) is 0 Å². The van der Waals surface area contributed by atoms with Crippen LogP contribution in [0.15, 0.2) is 109 Å². The van der Waals surface area contributed by atoms with Crippen LogP contribution in [0.4, 0.5) is 13.2 Å². The Morgan fingerprint density at radius 2 is 1.17 bits per heavy atom. The van der Waals surface area contributed by atoms with Gasteiger partial charge >= 0.3 is 12.1 Å². The molecule has 6 nitrogen and oxygen atoms in total. The summed E-state index contributed by atoms with van der Waals surface area (Å²) in [7, 11) is 3.08. The highest BCUT2D eigenvalue weighted by Crippen LogP contribution is 2.42. The van der Waals surface area contributed by atoms with Crippen LogP contribution in [0, 0.1) is 0 Å². The maximum absolute atomic E-state index is 13.3. The first-order valence-corrected chi connectivity index (χ1v) is 12.8. The molecule has 4 rings (SSSR count). The summed E-state index contributed by atoms with van der Waals surface area (Å²) in [6.45, 7) is -0.481. The molecule has 0 aliphatic carbocycles. The Balaban J connectivity index is 1.85. The van der Waals surface area contributed by atoms with Crippen molar-refractivity contribution in [2.45, 2.75) is 23.9 Å². The molecule has 0 saturated heterocycles. The quantitative estimate of drug-likeness (QED) is 0.225. The molecule has 0 saturated carbocycles. The Morgan fingerprint density at radius 1 is 0.732 bits per heavy atom. The van der Waals surface area contributed by atoms with Gasteiger partial charge < -0.3 is 24.6 Å². The van der Waals surface area contributed by atoms with Crippen LogP contribution < -0.4 is 14.8 Å². The van der Waals surface area contributed by atoms with E-state index in [1.54, 1.807) is 93.1 Å². The van der Waals surface area contributed by atoms with Crippen molar-refractivity contribution >= 4 is 5.91 Å². The number of carbonyl (C=O) groups excluding carboxylic acids is 1. The standard InChI is InChI=1S/C32H30F3NO5/c1-39-26-17-13-24(14-18-26)31(23-11-7-4-8-12-23,25-15-19-27(40-2)20-16-25)41-21-28(36-30(38)32(33,34)35)29(37)22-9-5-3-6-10-22/h3-20,28-29,37H,21H2,1-2H3,(H,36,38)/t28-,29-/m0/s1. The molecule has 0 heterocycles. The van der Waals surface area contributed by atoms with Crippen LogP contribution in [0.5, 0.6) is 11.5 Å². The normalized spacial score (nSPS) is 13.2. The molecule has 0 bridgehead atoms. The maximum Gasteiger partial charge on any atom is 0.471 e. The number of aliphatic hydroxyl groups excluding tert-OH is 1. The predicted octanol–water partition coefficient (Wildman–Crippen LogP) is 5.79. The fraction of sp³-hybridized carbons (Fsp3) is 0.219. The molecular formula is C32H30F3NO5. The number of rotatable bonds is 11. The molecule has 214 valence electrons. The van der Waals surface area contributed by atoms with Gasteiger partial charge in [-0.1, -0.05) is 84.9 Å². The average Bonchev–Trinajstić information content (AvgIpc) is 3.01. The molecule has 0 fully saturated rings. The highest BCUT2D eigenvalue weighted by molar-refractivity contribution is 5.82. The summed E-state index contributed by atoms with van der Waals surface area (Å²) in [6.07, 6.45) is -6.65. The molecule has 41 heavy (non-hydrogen) atoms. The Bertz CT molecular complexity index is 1350. The minimum atomic E-state index is -5.16. The molecule has 0 aliphatic heterocycles. The van der Waals surface area contributed by atoms with E-state index in [0.29, 0.717) is 33.8 Å². The Labute approximate surface area is 236 Å². The van der Waals surface area contributed by atoms with Gasteiger partial charge in [-0.15, -0.1) is 0 Å². The van der Waals surface area contributed by atoms with Crippen LogP contribution >= 0.6 is 0 Å². The lowest BCUT2D eigenvalue weighted by Gasteiger charge is -2.38. The van der Waals surface area contributed by atoms with E-state index in [4.69, 9.17) is 14.2 Å². The van der Waals surface area contributed by atoms with Crippen molar-refractivity contribution in [2.24, 2.45) is 0 Å². The first-order chi connectivity index (χ1) is 19.7. The van der Waals surface area contributed by atoms with E-state index in [9.17, 15) is 23.1 Å². The molecule has 0 aliphatic rings. The number of aliphatic hydroxyl groups is 1. The molecule has 2 N–H and O–H groups in total. The summed E-state index contributed by atoms with van der Waals surface area (Å²) in [6, 6.07) is 30.0. The van der Waals surface area contributed by atoms with Crippen molar-refractivity contribution in [2.75, 3.05) is 20.8 Å². The van der Waals surface area contributed by atoms with Crippen LogP contribution in [-0.4, -0.2) is 44.1 Å². The van der Waals surface area contributed by atoms with E-state index in [1.807, 2.05) is 35.6 Å². The predicted molar refractivity (Wildman–Crippen MR) is 148 cm³/mol. The number of methoxy groups -OCH3 is 2. The summed E-state index contributed by atoms with van der Waals surface area (Å²) in [5, 5.41) is 13.1. The number of benzene rings is 4. The third kappa shape index (κ3) is 6.70. The second-order valence-electron chi connectivity index (χ2n) is 9.25. The summed E-state index contributed by atoms with van der Waals surface area (Å²) in [5.41, 5.74) is 0.917. The minimum absolute atomic E-state index is 0.322. The number of nitrogens with one attached hydrogen (secondary N) is 1. The van der Waals surface area contributed by atoms with Crippen LogP contribution in [0.25, 0.3) is 0 Å². The van der Waals surface area contributed by atoms with E-state index in [-0.39, 0.29) is 0 Å². The van der Waals surface area contributed by atoms with Crippen molar-refractivity contribution in [3.05, 3.63) is 131 Å². The zero-order chi connectivity index (χ0) is 29.5. The Kier molecular flexibility index (Phi) is 9.31. The van der Waals surface area contributed by atoms with E-state index >= 15 is 0 Å². The van der Waals surface area contributed by atoms with Gasteiger partial charge in [0, 0.05) is 0 Å². The molecule has 1 amide bonds. The van der Waals surface area contributed by atoms with Crippen LogP contribution in [0.1, 0.15) is 28.4 Å². The molecule has 4 aromatic carbocycles. The van der Waals surface area contributed by atoms with E-state index < -0.39 is 36.4 Å². The summed E-state index contributed by atoms with van der Waals surface area (Å²) in [4.78, 5) is 12.1. The van der Waals surface area contributed by atoms with E-state index in [2.05, 4.69) is 0 Å². The van der Waals surface area contributed by atoms with Crippen molar-refractivity contribution in [3.8, 4) is 11.5 Å². The SMILES string of the molecule is COc1ccc(C(OC[C@H](NC(=O)C(F)(F)F)[C@@H](O)c2ccccc2)(c2ccccc2)c2ccc(OC)cc2)cc1. The summed E-state index contributed by atoms with van der Waals surface area (Å²) < 4.78 is 57.3. The van der Waals surface area contributed by atoms with Gasteiger partial charge in [0.15, 0.2) is 0 Å². The van der Waals surface area contributed by atoms with Crippen molar-refractivity contribution < 1.29 is 37.3 Å². The lowest BCUT2D eigenvalue weighted by Crippen LogP contribution is -2.49. The number of hydrogen-bond acceptors (Lipinski definition) is 5. The summed E-state index contributed by atoms with van der Waals surface area (Å²) >= 11 is 0. The second kappa shape index (κ2) is 12.9. The lowest BCUT2D eigenvalue weighted by molar-refractivity contribution is -0.176. The molecule has 4 aromatic rings. The van der Waals surface area contributed by atoms with Gasteiger partial charge in [0.05, 0.1) is 26.9 Å². The lowest BCUT2D eigenvalue weighted by atomic mass is 9.80. The monoisotopic (exact) mass is 565 g/mol. The second-order valence-corrected chi connectivity index (χ2v) is 9.25. The molecule has 0 radical (unpaired) electrons. The van der Waals surface area contributed by atoms with Gasteiger partial charge in [0.2, 0.25) is 0 Å². The van der Waals surface area contributed by atoms with Gasteiger partial charge in [0.25, 0.3) is 0 Å². The molecular weight excluding hydrogens is 535 g/mol. The van der Waals surface area contributed by atoms with Crippen molar-refractivity contribution in [1.82, 2.24) is 5.32 Å². The maximum atomic E-state index is 13.3. The van der Waals surface area contributed by atoms with Crippen molar-refractivity contribution in [1.29, 1.82) is 0 Å². The molecule has 0 spiro atoms. The Hall–Kier alpha value is -4.34. The molecule has 0 unspecified atom stereocenters. The fourth-order valence-electron chi connectivity index (χ4n) is 4.63. The first-order valence-electron chi connectivity index (χ1n) is 12.8. The largest absolute Gasteiger partial charge is 0.497 e. The van der Waals surface area contributed by atoms with Gasteiger partial charge in [-0.05, 0) is 46.5 Å². The van der Waals surface area contributed by atoms with Crippen LogP contribution in [-0.2, 0) is 15.1 Å². The number of halogens is 3. The first kappa shape index (κ1) is 29.6. The fourth-order valence-corrected chi connectivity index (χ4v) is 4.63. The molecule has 2 atom stereocenters. The highest BCUT2D eigenvalue weighted by atomic mass is 19.4. The number of amides is 1. The number of ether oxygens (including phenoxy) is 3. The highest BCUT2D eigenvalue weighted by Gasteiger charge is 2.43. The third-order valence-corrected chi connectivity index (χ3v) is 6.75. The smallest absolute Gasteiger partial charge is 0.471 e. The van der Waals surface area contributed by atoms with Gasteiger partial charge in [-0.3, -0.25) is 4.79 Å². The van der Waals surface area contributed by atoms with Crippen molar-refractivity contribution in [3.63, 3.8) is 0 Å². The third-order valence-electron chi connectivity index (χ3n) is 6.75. The number of carbonyl (C=O) groups is 1. The van der Waals surface area contributed by atoms with Gasteiger partial charge in [0.1, 0.15) is 23.2 Å². The van der Waals surface area contributed by atoms with Gasteiger partial charge in [-0.2, -0.15) is 13.2 Å². The van der Waals surface area contributed by atoms with E-state index in [0.717, 1.165) is 0 Å². The average molecular weight is 566 g/mol. The zero-order valence-corrected chi connectivity index (χ0v) is 22.5. The van der Waals surface area contributed by atoms with Crippen LogP contribution in [0.2, 0.25) is 0 Å². The topological polar surface area (TPSA) is 77.0 Å². The molecule has 9 heteroatoms. The Morgan fingerprint density at radius 3 is 1.61 bits per heavy atom. The van der Waals surface area contributed by atoms with Crippen LogP contribution in [0.3, 0.4) is 0 Å².